The zero-order valence-corrected chi connectivity index (χ0v) is 12.3. The lowest BCUT2D eigenvalue weighted by Crippen LogP contribution is -2.30. The summed E-state index contributed by atoms with van der Waals surface area (Å²) in [5, 5.41) is 6.28. The van der Waals surface area contributed by atoms with Crippen LogP contribution < -0.4 is 5.32 Å². The minimum Gasteiger partial charge on any atom is -0.339 e. The van der Waals surface area contributed by atoms with E-state index in [2.05, 4.69) is 15.5 Å². The van der Waals surface area contributed by atoms with Gasteiger partial charge < -0.3 is 9.84 Å². The van der Waals surface area contributed by atoms with Gasteiger partial charge in [0.05, 0.1) is 5.92 Å². The van der Waals surface area contributed by atoms with Crippen molar-refractivity contribution in [2.45, 2.75) is 44.9 Å². The molecule has 0 aliphatic carbocycles. The highest BCUT2D eigenvalue weighted by atomic mass is 32.2. The van der Waals surface area contributed by atoms with E-state index in [1.165, 1.54) is 6.26 Å². The lowest BCUT2D eigenvalue weighted by molar-refractivity contribution is 0.329. The van der Waals surface area contributed by atoms with Crippen molar-refractivity contribution in [3.63, 3.8) is 0 Å². The van der Waals surface area contributed by atoms with Gasteiger partial charge in [0.2, 0.25) is 5.89 Å². The van der Waals surface area contributed by atoms with Crippen molar-refractivity contribution in [3.8, 4) is 0 Å². The van der Waals surface area contributed by atoms with Gasteiger partial charge in [0.25, 0.3) is 0 Å². The molecule has 3 unspecified atom stereocenters. The Kier molecular flexibility index (Phi) is 4.86. The zero-order valence-electron chi connectivity index (χ0n) is 11.5. The third-order valence-corrected chi connectivity index (χ3v) is 4.62. The molecule has 0 aliphatic heterocycles. The third-order valence-electron chi connectivity index (χ3n) is 3.13. The summed E-state index contributed by atoms with van der Waals surface area (Å²) in [6.45, 7) is 8.43. The molecule has 1 N–H and O–H groups in total. The second-order valence-electron chi connectivity index (χ2n) is 4.60. The Balaban J connectivity index is 2.87. The summed E-state index contributed by atoms with van der Waals surface area (Å²) in [5.41, 5.74) is 0. The molecule has 0 fully saturated rings. The predicted octanol–water partition coefficient (Wildman–Crippen LogP) is 1.28. The second kappa shape index (κ2) is 5.79. The molecule has 1 aromatic rings. The summed E-state index contributed by atoms with van der Waals surface area (Å²) in [4.78, 5) is 4.18. The van der Waals surface area contributed by atoms with Crippen molar-refractivity contribution in [3.05, 3.63) is 11.7 Å². The number of nitrogens with one attached hydrogen (secondary N) is 1. The van der Waals surface area contributed by atoms with Crippen molar-refractivity contribution >= 4 is 9.84 Å². The second-order valence-corrected chi connectivity index (χ2v) is 6.96. The van der Waals surface area contributed by atoms with Gasteiger partial charge in [-0.05, 0) is 20.4 Å². The molecule has 0 aliphatic rings. The molecule has 0 aromatic carbocycles. The largest absolute Gasteiger partial charge is 0.339 e. The van der Waals surface area contributed by atoms with Gasteiger partial charge in [-0.2, -0.15) is 4.98 Å². The first-order valence-corrected chi connectivity index (χ1v) is 7.98. The van der Waals surface area contributed by atoms with Crippen LogP contribution >= 0.6 is 0 Å². The number of hydrogen-bond acceptors (Lipinski definition) is 6. The minimum atomic E-state index is -3.20. The van der Waals surface area contributed by atoms with Gasteiger partial charge in [0.1, 0.15) is 5.25 Å². The average molecular weight is 275 g/mol. The average Bonchev–Trinajstić information content (AvgIpc) is 2.75. The predicted molar refractivity (Wildman–Crippen MR) is 69.1 cm³/mol. The van der Waals surface area contributed by atoms with E-state index in [1.54, 1.807) is 6.92 Å². The first kappa shape index (κ1) is 15.1. The van der Waals surface area contributed by atoms with E-state index < -0.39 is 15.1 Å². The van der Waals surface area contributed by atoms with E-state index in [1.807, 2.05) is 20.8 Å². The number of sulfone groups is 1. The quantitative estimate of drug-likeness (QED) is 0.841. The van der Waals surface area contributed by atoms with Crippen LogP contribution in [0.4, 0.5) is 0 Å². The van der Waals surface area contributed by atoms with Crippen molar-refractivity contribution in [2.75, 3.05) is 12.8 Å². The Morgan fingerprint density at radius 2 is 1.94 bits per heavy atom. The minimum absolute atomic E-state index is 0.0398. The number of rotatable bonds is 6. The summed E-state index contributed by atoms with van der Waals surface area (Å²) in [5.74, 6) is 0.731. The van der Waals surface area contributed by atoms with Crippen LogP contribution in [0.5, 0.6) is 0 Å². The summed E-state index contributed by atoms with van der Waals surface area (Å²) >= 11 is 0. The summed E-state index contributed by atoms with van der Waals surface area (Å²) in [6, 6.07) is 0.192. The molecule has 6 nitrogen and oxygen atoms in total. The van der Waals surface area contributed by atoms with Gasteiger partial charge >= 0.3 is 0 Å². The number of likely N-dealkylation sites (N-methyl/N-ethyl adjacent to an activating group) is 1. The molecule has 0 spiro atoms. The Bertz CT molecular complexity index is 483. The van der Waals surface area contributed by atoms with Crippen molar-refractivity contribution in [2.24, 2.45) is 0 Å². The van der Waals surface area contributed by atoms with E-state index in [0.717, 1.165) is 6.54 Å². The molecular weight excluding hydrogens is 254 g/mol. The maximum absolute atomic E-state index is 11.4. The molecule has 1 aromatic heterocycles. The van der Waals surface area contributed by atoms with Crippen LogP contribution in [0.25, 0.3) is 0 Å². The third kappa shape index (κ3) is 3.52. The van der Waals surface area contributed by atoms with Crippen molar-refractivity contribution in [1.82, 2.24) is 15.5 Å². The monoisotopic (exact) mass is 275 g/mol. The van der Waals surface area contributed by atoms with E-state index >= 15 is 0 Å². The van der Waals surface area contributed by atoms with E-state index in [9.17, 15) is 8.42 Å². The molecule has 18 heavy (non-hydrogen) atoms. The smallest absolute Gasteiger partial charge is 0.231 e. The van der Waals surface area contributed by atoms with Crippen LogP contribution in [0.1, 0.15) is 50.6 Å². The highest BCUT2D eigenvalue weighted by Crippen LogP contribution is 2.22. The highest BCUT2D eigenvalue weighted by Gasteiger charge is 2.26. The van der Waals surface area contributed by atoms with E-state index in [4.69, 9.17) is 4.52 Å². The number of hydrogen-bond donors (Lipinski definition) is 1. The summed E-state index contributed by atoms with van der Waals surface area (Å²) < 4.78 is 28.0. The molecule has 1 heterocycles. The van der Waals surface area contributed by atoms with Crippen LogP contribution in [-0.4, -0.2) is 37.4 Å². The first-order chi connectivity index (χ1) is 8.27. The highest BCUT2D eigenvalue weighted by molar-refractivity contribution is 7.90. The normalized spacial score (nSPS) is 17.4. The maximum Gasteiger partial charge on any atom is 0.231 e. The van der Waals surface area contributed by atoms with E-state index in [0.29, 0.717) is 5.89 Å². The first-order valence-electron chi connectivity index (χ1n) is 6.03. The molecule has 0 bridgehead atoms. The van der Waals surface area contributed by atoms with Gasteiger partial charge in [0.15, 0.2) is 15.7 Å². The van der Waals surface area contributed by atoms with E-state index in [-0.39, 0.29) is 17.8 Å². The molecule has 7 heteroatoms. The Morgan fingerprint density at radius 1 is 1.33 bits per heavy atom. The SMILES string of the molecule is CCNC(C)C(C)c1nc(C(C)S(C)(=O)=O)no1. The maximum atomic E-state index is 11.4. The van der Waals surface area contributed by atoms with Crippen molar-refractivity contribution < 1.29 is 12.9 Å². The van der Waals surface area contributed by atoms with Gasteiger partial charge in [-0.3, -0.25) is 0 Å². The molecule has 3 atom stereocenters. The fourth-order valence-corrected chi connectivity index (χ4v) is 1.98. The Hall–Kier alpha value is -0.950. The molecule has 104 valence electrons. The lowest BCUT2D eigenvalue weighted by Gasteiger charge is -2.16. The fourth-order valence-electron chi connectivity index (χ4n) is 1.50. The standard InChI is InChI=1S/C11H21N3O3S/c1-6-12-8(3)7(2)11-13-10(14-17-11)9(4)18(5,15)16/h7-9,12H,6H2,1-5H3. The molecule has 1 rings (SSSR count). The Labute approximate surface area is 108 Å². The molecule has 0 radical (unpaired) electrons. The Morgan fingerprint density at radius 3 is 2.44 bits per heavy atom. The molecule has 0 saturated carbocycles. The van der Waals surface area contributed by atoms with Crippen LogP contribution in [0.3, 0.4) is 0 Å². The fraction of sp³-hybridized carbons (Fsp3) is 0.818. The van der Waals surface area contributed by atoms with Gasteiger partial charge in [0, 0.05) is 12.3 Å². The number of nitrogens with zero attached hydrogens (tertiary/aromatic N) is 2. The topological polar surface area (TPSA) is 85.1 Å². The molecule has 0 amide bonds. The summed E-state index contributed by atoms with van der Waals surface area (Å²) in [6.07, 6.45) is 1.17. The van der Waals surface area contributed by atoms with Gasteiger partial charge in [-0.15, -0.1) is 0 Å². The summed E-state index contributed by atoms with van der Waals surface area (Å²) in [7, 11) is -3.20. The zero-order chi connectivity index (χ0) is 13.9. The molecule has 0 saturated heterocycles. The van der Waals surface area contributed by atoms with Crippen molar-refractivity contribution in [1.29, 1.82) is 0 Å². The van der Waals surface area contributed by atoms with Crippen LogP contribution in [-0.2, 0) is 9.84 Å². The van der Waals surface area contributed by atoms with Gasteiger partial charge in [-0.25, -0.2) is 8.42 Å². The van der Waals surface area contributed by atoms with Crippen LogP contribution in [0, 0.1) is 0 Å². The lowest BCUT2D eigenvalue weighted by atomic mass is 10.0. The van der Waals surface area contributed by atoms with Crippen LogP contribution in [0.2, 0.25) is 0 Å². The van der Waals surface area contributed by atoms with Crippen LogP contribution in [0.15, 0.2) is 4.52 Å². The van der Waals surface area contributed by atoms with Gasteiger partial charge in [-0.1, -0.05) is 19.0 Å². The number of aromatic nitrogens is 2. The molecular formula is C11H21N3O3S.